The van der Waals surface area contributed by atoms with Crippen molar-refractivity contribution in [3.8, 4) is 5.82 Å². The molecule has 0 N–H and O–H groups in total. The maximum Gasteiger partial charge on any atom is 0.137 e. The third-order valence-electron chi connectivity index (χ3n) is 8.09. The molecule has 38 heavy (non-hydrogen) atoms. The Morgan fingerprint density at radius 1 is 0.658 bits per heavy atom. The second-order valence-corrected chi connectivity index (χ2v) is 15.1. The summed E-state index contributed by atoms with van der Waals surface area (Å²) in [4.78, 5) is 9.45. The van der Waals surface area contributed by atoms with E-state index in [0.29, 0.717) is 0 Å². The molecule has 0 radical (unpaired) electrons. The average Bonchev–Trinajstić information content (AvgIpc) is 3.48. The molecule has 0 fully saturated rings. The normalized spacial score (nSPS) is 13.4. The Morgan fingerprint density at radius 3 is 2.24 bits per heavy atom. The predicted octanol–water partition coefficient (Wildman–Crippen LogP) is 6.55. The van der Waals surface area contributed by atoms with E-state index in [0.717, 1.165) is 12.5 Å². The number of rotatable bonds is 4. The van der Waals surface area contributed by atoms with Crippen LogP contribution in [0.3, 0.4) is 0 Å². The zero-order chi connectivity index (χ0) is 25.9. The molecular weight excluding hydrogens is 480 g/mol. The lowest BCUT2D eigenvalue weighted by molar-refractivity contribution is 0.950. The fourth-order valence-corrected chi connectivity index (χ4v) is 8.27. The Hall–Kier alpha value is -4.35. The molecule has 4 nitrogen and oxygen atoms in total. The highest BCUT2D eigenvalue weighted by Gasteiger charge is 2.29. The van der Waals surface area contributed by atoms with Crippen molar-refractivity contribution in [2.24, 2.45) is 0 Å². The smallest absolute Gasteiger partial charge is 0.137 e. The van der Waals surface area contributed by atoms with Crippen LogP contribution in [0.5, 0.6) is 0 Å². The number of anilines is 3. The first-order valence-electron chi connectivity index (χ1n) is 13.2. The molecule has 0 spiro atoms. The van der Waals surface area contributed by atoms with Crippen molar-refractivity contribution in [1.82, 2.24) is 9.55 Å². The van der Waals surface area contributed by atoms with Gasteiger partial charge in [0, 0.05) is 29.7 Å². The van der Waals surface area contributed by atoms with Crippen molar-refractivity contribution in [3.63, 3.8) is 0 Å². The second kappa shape index (κ2) is 8.60. The highest BCUT2D eigenvalue weighted by Crippen LogP contribution is 2.39. The van der Waals surface area contributed by atoms with Crippen LogP contribution in [0.2, 0.25) is 13.1 Å². The number of para-hydroxylation sites is 3. The molecule has 0 bridgehead atoms. The number of hydrogen-bond donors (Lipinski definition) is 0. The van der Waals surface area contributed by atoms with Crippen molar-refractivity contribution in [1.29, 1.82) is 0 Å². The van der Waals surface area contributed by atoms with E-state index in [1.165, 1.54) is 49.2 Å². The van der Waals surface area contributed by atoms with Gasteiger partial charge in [-0.25, -0.2) is 4.98 Å². The third-order valence-corrected chi connectivity index (χ3v) is 11.6. The van der Waals surface area contributed by atoms with Crippen molar-refractivity contribution in [2.45, 2.75) is 13.1 Å². The molecule has 6 aromatic rings. The molecule has 7 rings (SSSR count). The number of aromatic nitrogens is 2. The summed E-state index contributed by atoms with van der Waals surface area (Å²) in [5.41, 5.74) is 6.21. The Labute approximate surface area is 224 Å². The summed E-state index contributed by atoms with van der Waals surface area (Å²) in [5.74, 6) is 0.953. The lowest BCUT2D eigenvalue weighted by atomic mass is 10.1. The molecule has 5 heteroatoms. The van der Waals surface area contributed by atoms with Gasteiger partial charge < -0.3 is 9.80 Å². The zero-order valence-electron chi connectivity index (χ0n) is 22.0. The molecule has 2 aromatic heterocycles. The van der Waals surface area contributed by atoms with Gasteiger partial charge in [0.15, 0.2) is 0 Å². The monoisotopic (exact) mass is 510 g/mol. The second-order valence-electron chi connectivity index (χ2n) is 10.7. The molecule has 0 aliphatic carbocycles. The molecule has 186 valence electrons. The van der Waals surface area contributed by atoms with Crippen LogP contribution in [0.25, 0.3) is 27.6 Å². The first-order valence-corrected chi connectivity index (χ1v) is 16.2. The van der Waals surface area contributed by atoms with Crippen molar-refractivity contribution in [3.05, 3.63) is 115 Å². The summed E-state index contributed by atoms with van der Waals surface area (Å²) in [6, 6.07) is 39.7. The van der Waals surface area contributed by atoms with Gasteiger partial charge in [0.25, 0.3) is 0 Å². The summed E-state index contributed by atoms with van der Waals surface area (Å²) >= 11 is 0. The zero-order valence-corrected chi connectivity index (χ0v) is 23.0. The molecule has 0 atom stereocenters. The topological polar surface area (TPSA) is 24.3 Å². The van der Waals surface area contributed by atoms with Crippen LogP contribution >= 0.6 is 0 Å². The molecular formula is C33H30N4Si. The van der Waals surface area contributed by atoms with Crippen LogP contribution in [-0.2, 0) is 0 Å². The number of benzene rings is 4. The number of pyridine rings is 1. The lowest BCUT2D eigenvalue weighted by Gasteiger charge is -2.27. The van der Waals surface area contributed by atoms with Gasteiger partial charge in [-0.3, -0.25) is 4.57 Å². The van der Waals surface area contributed by atoms with Crippen molar-refractivity contribution < 1.29 is 0 Å². The predicted molar refractivity (Wildman–Crippen MR) is 164 cm³/mol. The number of hydrogen-bond acceptors (Lipinski definition) is 3. The van der Waals surface area contributed by atoms with Gasteiger partial charge in [0.05, 0.1) is 29.1 Å². The van der Waals surface area contributed by atoms with Gasteiger partial charge >= 0.3 is 0 Å². The molecule has 0 amide bonds. The Morgan fingerprint density at radius 2 is 1.39 bits per heavy atom. The number of fused-ring (bicyclic) bond motifs is 4. The van der Waals surface area contributed by atoms with Crippen molar-refractivity contribution in [2.75, 3.05) is 23.5 Å². The minimum absolute atomic E-state index is 0.862. The molecule has 4 aromatic carbocycles. The first-order chi connectivity index (χ1) is 18.5. The minimum Gasteiger partial charge on any atom is -0.355 e. The highest BCUT2D eigenvalue weighted by atomic mass is 28.3. The molecule has 1 aliphatic rings. The minimum atomic E-state index is -2.01. The molecule has 0 saturated heterocycles. The standard InChI is InChI=1S/C33H30N4Si/c1-35-23-36(31-16-7-6-15-30(31)35)24-11-10-12-25(21-24)38(2,3)26-18-19-28-27-13-4-5-14-29(27)37(32(28)22-26)33-17-8-9-20-34-33/h4-22H,23H2,1-3H3. The van der Waals surface area contributed by atoms with Gasteiger partial charge in [-0.15, -0.1) is 0 Å². The van der Waals surface area contributed by atoms with Crippen LogP contribution in [0.15, 0.2) is 115 Å². The van der Waals surface area contributed by atoms with E-state index in [9.17, 15) is 0 Å². The van der Waals surface area contributed by atoms with Gasteiger partial charge in [-0.05, 0) is 48.5 Å². The van der Waals surface area contributed by atoms with E-state index in [-0.39, 0.29) is 0 Å². The van der Waals surface area contributed by atoms with Crippen molar-refractivity contribution >= 4 is 57.3 Å². The molecule has 0 saturated carbocycles. The van der Waals surface area contributed by atoms with Gasteiger partial charge in [-0.1, -0.05) is 84.1 Å². The fourth-order valence-electron chi connectivity index (χ4n) is 5.92. The van der Waals surface area contributed by atoms with E-state index in [4.69, 9.17) is 4.98 Å². The first kappa shape index (κ1) is 22.8. The van der Waals surface area contributed by atoms with Crippen LogP contribution in [0, 0.1) is 0 Å². The molecule has 1 aliphatic heterocycles. The lowest BCUT2D eigenvalue weighted by Crippen LogP contribution is -2.53. The Kier molecular flexibility index (Phi) is 5.17. The average molecular weight is 511 g/mol. The van der Waals surface area contributed by atoms with Crippen LogP contribution in [0.4, 0.5) is 17.1 Å². The summed E-state index contributed by atoms with van der Waals surface area (Å²) in [7, 11) is 0.153. The van der Waals surface area contributed by atoms with E-state index in [1.54, 1.807) is 0 Å². The van der Waals surface area contributed by atoms with Crippen LogP contribution < -0.4 is 20.2 Å². The largest absolute Gasteiger partial charge is 0.355 e. The van der Waals surface area contributed by atoms with E-state index < -0.39 is 8.07 Å². The maximum atomic E-state index is 4.72. The van der Waals surface area contributed by atoms with E-state index in [2.05, 4.69) is 138 Å². The summed E-state index contributed by atoms with van der Waals surface area (Å²) in [5, 5.41) is 5.38. The Balaban J connectivity index is 1.36. The van der Waals surface area contributed by atoms with Gasteiger partial charge in [-0.2, -0.15) is 0 Å². The highest BCUT2D eigenvalue weighted by molar-refractivity contribution is 7.00. The molecule has 0 unspecified atom stereocenters. The Bertz CT molecular complexity index is 1810. The van der Waals surface area contributed by atoms with Gasteiger partial charge in [0.1, 0.15) is 13.9 Å². The summed E-state index contributed by atoms with van der Waals surface area (Å²) in [6.45, 7) is 5.79. The maximum absolute atomic E-state index is 4.72. The summed E-state index contributed by atoms with van der Waals surface area (Å²) < 4.78 is 2.31. The van der Waals surface area contributed by atoms with Gasteiger partial charge in [0.2, 0.25) is 0 Å². The van der Waals surface area contributed by atoms with E-state index >= 15 is 0 Å². The summed E-state index contributed by atoms with van der Waals surface area (Å²) in [6.07, 6.45) is 1.87. The fraction of sp³-hybridized carbons (Fsp3) is 0.121. The molecule has 3 heterocycles. The third kappa shape index (κ3) is 3.46. The SMILES string of the molecule is CN1CN(c2cccc([Si](C)(C)c3ccc4c5ccccc5n(-c5ccccn5)c4c3)c2)c2ccccc21. The number of nitrogens with zero attached hydrogens (tertiary/aromatic N) is 4. The van der Waals surface area contributed by atoms with Crippen LogP contribution in [-0.4, -0.2) is 31.3 Å². The van der Waals surface area contributed by atoms with Crippen LogP contribution in [0.1, 0.15) is 0 Å². The van der Waals surface area contributed by atoms with E-state index in [1.807, 2.05) is 12.3 Å². The quantitative estimate of drug-likeness (QED) is 0.252.